The van der Waals surface area contributed by atoms with Crippen LogP contribution in [0.3, 0.4) is 0 Å². The topological polar surface area (TPSA) is 105 Å². The molecular weight excluding hydrogens is 640 g/mol. The molecule has 9 heteroatoms. The lowest BCUT2D eigenvalue weighted by Gasteiger charge is -2.48. The zero-order chi connectivity index (χ0) is 34.3. The molecule has 2 aliphatic rings. The van der Waals surface area contributed by atoms with E-state index in [1.807, 2.05) is 78.9 Å². The summed E-state index contributed by atoms with van der Waals surface area (Å²) in [5.41, 5.74) is 4.62. The van der Waals surface area contributed by atoms with Crippen LogP contribution in [-0.4, -0.2) is 53.6 Å². The van der Waals surface area contributed by atoms with Gasteiger partial charge in [0.05, 0.1) is 37.6 Å². The summed E-state index contributed by atoms with van der Waals surface area (Å²) in [6, 6.07) is 28.6. The number of ether oxygens (including phenoxy) is 2. The van der Waals surface area contributed by atoms with Gasteiger partial charge in [0.2, 0.25) is 5.91 Å². The zero-order valence-electron chi connectivity index (χ0n) is 27.5. The standard InChI is InChI=1S/C40H41ClN2O6/c1-48-31-19-13-27(14-20-31)25-49-36(45)24-28-8-6-7-26(23-28)21-22-42-39(46)37-32-9-2-3-10-33(32)40(47)43(34-11-4-5-12-35(34)44)38(37)29-15-17-30(41)18-16-29/h2-3,6-10,13-20,23,34-35,37-38,44H,4-5,11-12,21-22,24-25H2,1H3,(H,42,46)/t34-,35-,37+,38-/m0/s1. The van der Waals surface area contributed by atoms with Crippen molar-refractivity contribution in [2.45, 2.75) is 69.2 Å². The van der Waals surface area contributed by atoms with Crippen molar-refractivity contribution in [3.63, 3.8) is 0 Å². The van der Waals surface area contributed by atoms with Crippen molar-refractivity contribution in [2.75, 3.05) is 13.7 Å². The normalized spacial score (nSPS) is 20.3. The van der Waals surface area contributed by atoms with Crippen LogP contribution >= 0.6 is 11.6 Å². The summed E-state index contributed by atoms with van der Waals surface area (Å²) in [6.07, 6.45) is 3.08. The second kappa shape index (κ2) is 15.7. The Hall–Kier alpha value is -4.66. The van der Waals surface area contributed by atoms with E-state index in [2.05, 4.69) is 5.32 Å². The molecule has 0 bridgehead atoms. The Bertz CT molecular complexity index is 1780. The summed E-state index contributed by atoms with van der Waals surface area (Å²) >= 11 is 6.25. The van der Waals surface area contributed by atoms with Crippen molar-refractivity contribution in [3.8, 4) is 5.75 Å². The maximum Gasteiger partial charge on any atom is 0.310 e. The number of hydrogen-bond donors (Lipinski definition) is 2. The quantitative estimate of drug-likeness (QED) is 0.174. The Kier molecular flexibility index (Phi) is 11.0. The number of esters is 1. The Morgan fingerprint density at radius 2 is 1.63 bits per heavy atom. The van der Waals surface area contributed by atoms with Crippen LogP contribution in [0.2, 0.25) is 5.02 Å². The van der Waals surface area contributed by atoms with Gasteiger partial charge in [-0.1, -0.05) is 91.2 Å². The van der Waals surface area contributed by atoms with E-state index in [1.54, 1.807) is 30.2 Å². The van der Waals surface area contributed by atoms with Crippen molar-refractivity contribution in [1.29, 1.82) is 0 Å². The van der Waals surface area contributed by atoms with Crippen molar-refractivity contribution < 1.29 is 29.0 Å². The maximum atomic E-state index is 14.2. The Morgan fingerprint density at radius 3 is 2.39 bits per heavy atom. The summed E-state index contributed by atoms with van der Waals surface area (Å²) in [5, 5.41) is 14.8. The fourth-order valence-electron chi connectivity index (χ4n) is 7.07. The highest BCUT2D eigenvalue weighted by atomic mass is 35.5. The van der Waals surface area contributed by atoms with Crippen LogP contribution in [0.1, 0.15) is 75.8 Å². The van der Waals surface area contributed by atoms with Crippen LogP contribution in [0, 0.1) is 0 Å². The minimum absolute atomic E-state index is 0.134. The minimum atomic E-state index is -0.698. The number of nitrogens with zero attached hydrogens (tertiary/aromatic N) is 1. The van der Waals surface area contributed by atoms with Crippen molar-refractivity contribution in [1.82, 2.24) is 10.2 Å². The molecule has 254 valence electrons. The molecule has 1 aliphatic carbocycles. The molecule has 0 spiro atoms. The number of aliphatic hydroxyl groups excluding tert-OH is 1. The molecule has 2 N–H and O–H groups in total. The third kappa shape index (κ3) is 7.98. The number of methoxy groups -OCH3 is 1. The molecule has 2 amide bonds. The number of amides is 2. The van der Waals surface area contributed by atoms with Gasteiger partial charge in [-0.05, 0) is 77.4 Å². The van der Waals surface area contributed by atoms with Gasteiger partial charge >= 0.3 is 5.97 Å². The highest BCUT2D eigenvalue weighted by Crippen LogP contribution is 2.46. The van der Waals surface area contributed by atoms with E-state index in [0.717, 1.165) is 40.8 Å². The van der Waals surface area contributed by atoms with E-state index in [4.69, 9.17) is 21.1 Å². The van der Waals surface area contributed by atoms with Crippen molar-refractivity contribution in [3.05, 3.63) is 135 Å². The molecule has 1 fully saturated rings. The first-order valence-electron chi connectivity index (χ1n) is 16.8. The molecule has 1 heterocycles. The number of aliphatic hydroxyl groups is 1. The first-order valence-corrected chi connectivity index (χ1v) is 17.2. The summed E-state index contributed by atoms with van der Waals surface area (Å²) < 4.78 is 10.7. The molecule has 1 saturated carbocycles. The van der Waals surface area contributed by atoms with Crippen LogP contribution in [-0.2, 0) is 33.8 Å². The molecule has 0 aromatic heterocycles. The van der Waals surface area contributed by atoms with Gasteiger partial charge in [-0.15, -0.1) is 0 Å². The lowest BCUT2D eigenvalue weighted by Crippen LogP contribution is -2.55. The van der Waals surface area contributed by atoms with E-state index >= 15 is 0 Å². The average molecular weight is 681 g/mol. The monoisotopic (exact) mass is 680 g/mol. The molecule has 0 saturated heterocycles. The van der Waals surface area contributed by atoms with Crippen LogP contribution in [0.25, 0.3) is 0 Å². The number of hydrogen-bond acceptors (Lipinski definition) is 6. The number of carbonyl (C=O) groups excluding carboxylic acids is 3. The van der Waals surface area contributed by atoms with E-state index in [1.165, 1.54) is 0 Å². The van der Waals surface area contributed by atoms with Gasteiger partial charge in [0.1, 0.15) is 12.4 Å². The van der Waals surface area contributed by atoms with Crippen LogP contribution in [0.15, 0.2) is 97.1 Å². The second-order valence-corrected chi connectivity index (χ2v) is 13.2. The number of halogens is 1. The Morgan fingerprint density at radius 1 is 0.898 bits per heavy atom. The van der Waals surface area contributed by atoms with Gasteiger partial charge in [-0.2, -0.15) is 0 Å². The van der Waals surface area contributed by atoms with Crippen LogP contribution in [0.5, 0.6) is 5.75 Å². The lowest BCUT2D eigenvalue weighted by atomic mass is 9.76. The van der Waals surface area contributed by atoms with Gasteiger partial charge in [0, 0.05) is 17.1 Å². The molecule has 4 aromatic rings. The molecular formula is C40H41ClN2O6. The molecule has 8 nitrogen and oxygen atoms in total. The van der Waals surface area contributed by atoms with Crippen LogP contribution in [0.4, 0.5) is 0 Å². The Balaban J connectivity index is 1.16. The number of rotatable bonds is 11. The van der Waals surface area contributed by atoms with Gasteiger partial charge in [0.25, 0.3) is 5.91 Å². The average Bonchev–Trinajstić information content (AvgIpc) is 3.12. The van der Waals surface area contributed by atoms with Gasteiger partial charge in [-0.3, -0.25) is 14.4 Å². The first kappa shape index (κ1) is 34.2. The van der Waals surface area contributed by atoms with Crippen molar-refractivity contribution >= 4 is 29.4 Å². The summed E-state index contributed by atoms with van der Waals surface area (Å²) in [5.74, 6) is -0.661. The first-order chi connectivity index (χ1) is 23.8. The predicted molar refractivity (Wildman–Crippen MR) is 187 cm³/mol. The third-order valence-corrected chi connectivity index (χ3v) is 9.79. The minimum Gasteiger partial charge on any atom is -0.497 e. The molecule has 49 heavy (non-hydrogen) atoms. The lowest BCUT2D eigenvalue weighted by molar-refractivity contribution is -0.144. The molecule has 0 radical (unpaired) electrons. The third-order valence-electron chi connectivity index (χ3n) is 9.53. The number of carbonyl (C=O) groups is 3. The van der Waals surface area contributed by atoms with Gasteiger partial charge in [-0.25, -0.2) is 0 Å². The predicted octanol–water partition coefficient (Wildman–Crippen LogP) is 6.58. The molecule has 0 unspecified atom stereocenters. The molecule has 4 atom stereocenters. The fourth-order valence-corrected chi connectivity index (χ4v) is 7.19. The van der Waals surface area contributed by atoms with E-state index in [9.17, 15) is 19.5 Å². The highest BCUT2D eigenvalue weighted by molar-refractivity contribution is 6.30. The molecule has 6 rings (SSSR count). The highest BCUT2D eigenvalue weighted by Gasteiger charge is 2.48. The zero-order valence-corrected chi connectivity index (χ0v) is 28.3. The summed E-state index contributed by atoms with van der Waals surface area (Å²) in [6.45, 7) is 0.537. The number of benzene rings is 4. The van der Waals surface area contributed by atoms with Crippen LogP contribution < -0.4 is 10.1 Å². The summed E-state index contributed by atoms with van der Waals surface area (Å²) in [7, 11) is 1.60. The smallest absolute Gasteiger partial charge is 0.310 e. The number of nitrogens with one attached hydrogen (secondary N) is 1. The maximum absolute atomic E-state index is 14.2. The van der Waals surface area contributed by atoms with Gasteiger partial charge in [0.15, 0.2) is 0 Å². The number of fused-ring (bicyclic) bond motifs is 1. The molecule has 1 aliphatic heterocycles. The Labute approximate surface area is 292 Å². The summed E-state index contributed by atoms with van der Waals surface area (Å²) in [4.78, 5) is 42.7. The fraction of sp³-hybridized carbons (Fsp3) is 0.325. The second-order valence-electron chi connectivity index (χ2n) is 12.7. The molecule has 4 aromatic carbocycles. The van der Waals surface area contributed by atoms with E-state index in [0.29, 0.717) is 42.0 Å². The van der Waals surface area contributed by atoms with Gasteiger partial charge < -0.3 is 24.8 Å². The van der Waals surface area contributed by atoms with E-state index < -0.39 is 24.1 Å². The largest absolute Gasteiger partial charge is 0.497 e. The van der Waals surface area contributed by atoms with E-state index in [-0.39, 0.29) is 30.8 Å². The SMILES string of the molecule is COc1ccc(COC(=O)Cc2cccc(CCNC(=O)[C@@H]3c4ccccc4C(=O)N([C@H]4CCCC[C@@H]4O)[C@H]3c3ccc(Cl)cc3)c2)cc1. The van der Waals surface area contributed by atoms with Crippen molar-refractivity contribution in [2.24, 2.45) is 0 Å².